The average Bonchev–Trinajstić information content (AvgIpc) is 3.63. The Kier molecular flexibility index (Phi) is 8.77. The Balaban J connectivity index is 1.64. The molecule has 2 aromatic carbocycles. The van der Waals surface area contributed by atoms with Crippen LogP contribution >= 0.6 is 11.3 Å². The van der Waals surface area contributed by atoms with Gasteiger partial charge < -0.3 is 15.2 Å². The molecule has 2 N–H and O–H groups in total. The minimum Gasteiger partial charge on any atom is -0.481 e. The van der Waals surface area contributed by atoms with Gasteiger partial charge in [-0.2, -0.15) is 4.31 Å². The fourth-order valence-corrected chi connectivity index (χ4v) is 6.84. The van der Waals surface area contributed by atoms with E-state index < -0.39 is 51.5 Å². The number of amides is 2. The number of carboxylic acid groups (broad SMARTS) is 1. The van der Waals surface area contributed by atoms with Crippen molar-refractivity contribution < 1.29 is 37.6 Å². The quantitative estimate of drug-likeness (QED) is 0.266. The maximum absolute atomic E-state index is 13.7. The van der Waals surface area contributed by atoms with Crippen molar-refractivity contribution in [2.45, 2.75) is 29.4 Å². The summed E-state index contributed by atoms with van der Waals surface area (Å²) in [5, 5.41) is 24.7. The lowest BCUT2D eigenvalue weighted by Crippen LogP contribution is -2.54. The number of ether oxygens (including phenoxy) is 1. The minimum absolute atomic E-state index is 0.0504. The number of hydrogen-bond donors (Lipinski definition) is 2. The number of sulfonamides is 1. The summed E-state index contributed by atoms with van der Waals surface area (Å²) in [7, 11) is -4.23. The van der Waals surface area contributed by atoms with E-state index in [0.717, 1.165) is 26.6 Å². The van der Waals surface area contributed by atoms with Crippen LogP contribution in [-0.2, 0) is 31.0 Å². The van der Waals surface area contributed by atoms with Crippen LogP contribution in [0.3, 0.4) is 0 Å². The SMILES string of the molecule is O=C(O)CC(NC(=O)C1N(C(=O)OCc2ccccc2)CCN1S(=O)(=O)c1cccs1)c1cccc([N+](=O)[O-])c1. The minimum atomic E-state index is -4.23. The summed E-state index contributed by atoms with van der Waals surface area (Å²) in [6.45, 7) is -0.520. The number of hydrogen-bond acceptors (Lipinski definition) is 9. The Hall–Kier alpha value is -4.34. The van der Waals surface area contributed by atoms with Crippen molar-refractivity contribution >= 4 is 45.0 Å². The van der Waals surface area contributed by atoms with Crippen LogP contribution in [0.15, 0.2) is 76.3 Å². The van der Waals surface area contributed by atoms with Gasteiger partial charge in [0, 0.05) is 25.2 Å². The molecule has 210 valence electrons. The first-order chi connectivity index (χ1) is 19.1. The highest BCUT2D eigenvalue weighted by Crippen LogP contribution is 2.29. The van der Waals surface area contributed by atoms with E-state index in [1.165, 1.54) is 30.3 Å². The highest BCUT2D eigenvalue weighted by atomic mass is 32.2. The molecule has 13 nitrogen and oxygen atoms in total. The van der Waals surface area contributed by atoms with Crippen molar-refractivity contribution in [3.63, 3.8) is 0 Å². The molecule has 1 aliphatic rings. The van der Waals surface area contributed by atoms with Crippen molar-refractivity contribution in [2.75, 3.05) is 13.1 Å². The maximum Gasteiger partial charge on any atom is 0.411 e. The number of aliphatic carboxylic acids is 1. The van der Waals surface area contributed by atoms with E-state index in [9.17, 15) is 38.0 Å². The summed E-state index contributed by atoms with van der Waals surface area (Å²) in [5.41, 5.74) is 0.469. The Morgan fingerprint density at radius 2 is 1.85 bits per heavy atom. The van der Waals surface area contributed by atoms with Crippen molar-refractivity contribution in [2.24, 2.45) is 0 Å². The normalized spacial score (nSPS) is 16.3. The Morgan fingerprint density at radius 3 is 2.50 bits per heavy atom. The van der Waals surface area contributed by atoms with Gasteiger partial charge in [-0.05, 0) is 22.6 Å². The number of nitrogens with zero attached hydrogens (tertiary/aromatic N) is 3. The zero-order valence-corrected chi connectivity index (χ0v) is 22.4. The van der Waals surface area contributed by atoms with E-state index in [2.05, 4.69) is 5.32 Å². The third-order valence-corrected chi connectivity index (χ3v) is 9.27. The third kappa shape index (κ3) is 6.44. The first kappa shape index (κ1) is 28.7. The number of carbonyl (C=O) groups excluding carboxylic acids is 2. The van der Waals surface area contributed by atoms with Crippen LogP contribution in [0.2, 0.25) is 0 Å². The van der Waals surface area contributed by atoms with Gasteiger partial charge >= 0.3 is 12.1 Å². The monoisotopic (exact) mass is 588 g/mol. The molecule has 1 aromatic heterocycles. The van der Waals surface area contributed by atoms with E-state index in [4.69, 9.17) is 4.74 Å². The fraction of sp³-hybridized carbons (Fsp3) is 0.240. The first-order valence-corrected chi connectivity index (χ1v) is 14.2. The van der Waals surface area contributed by atoms with E-state index in [0.29, 0.717) is 5.56 Å². The molecule has 2 heterocycles. The Labute approximate surface area is 232 Å². The van der Waals surface area contributed by atoms with Gasteiger partial charge in [-0.3, -0.25) is 24.6 Å². The summed E-state index contributed by atoms with van der Waals surface area (Å²) in [6.07, 6.45) is -3.31. The molecule has 4 rings (SSSR count). The standard InChI is InChI=1S/C25H24N4O9S2/c30-21(31)15-20(18-8-4-9-19(14-18)29(34)35)26-23(32)24-27(25(33)38-16-17-6-2-1-3-7-17)11-12-28(24)40(36,37)22-10-5-13-39-22/h1-10,13-14,20,24H,11-12,15-16H2,(H,26,32)(H,30,31). The molecule has 2 amide bonds. The first-order valence-electron chi connectivity index (χ1n) is 11.9. The highest BCUT2D eigenvalue weighted by molar-refractivity contribution is 7.91. The van der Waals surface area contributed by atoms with Crippen LogP contribution in [0.5, 0.6) is 0 Å². The third-order valence-electron chi connectivity index (χ3n) is 6.04. The van der Waals surface area contributed by atoms with Crippen LogP contribution in [0.1, 0.15) is 23.6 Å². The predicted octanol–water partition coefficient (Wildman–Crippen LogP) is 2.96. The Morgan fingerprint density at radius 1 is 1.10 bits per heavy atom. The Bertz CT molecular complexity index is 1500. The zero-order valence-electron chi connectivity index (χ0n) is 20.8. The van der Waals surface area contributed by atoms with Crippen LogP contribution in [0, 0.1) is 10.1 Å². The molecule has 1 aliphatic heterocycles. The molecule has 1 fully saturated rings. The van der Waals surface area contributed by atoms with Gasteiger partial charge in [-0.1, -0.05) is 48.5 Å². The highest BCUT2D eigenvalue weighted by Gasteiger charge is 2.48. The van der Waals surface area contributed by atoms with Gasteiger partial charge in [0.1, 0.15) is 10.8 Å². The van der Waals surface area contributed by atoms with Crippen molar-refractivity contribution in [3.8, 4) is 0 Å². The van der Waals surface area contributed by atoms with E-state index >= 15 is 0 Å². The van der Waals surface area contributed by atoms with Crippen molar-refractivity contribution in [1.29, 1.82) is 0 Å². The van der Waals surface area contributed by atoms with Gasteiger partial charge in [-0.25, -0.2) is 13.2 Å². The molecule has 1 saturated heterocycles. The van der Waals surface area contributed by atoms with Gasteiger partial charge in [0.15, 0.2) is 6.17 Å². The lowest BCUT2D eigenvalue weighted by atomic mass is 10.0. The second kappa shape index (κ2) is 12.2. The number of nitro benzene ring substituents is 1. The number of rotatable bonds is 10. The maximum atomic E-state index is 13.7. The van der Waals surface area contributed by atoms with Crippen molar-refractivity contribution in [1.82, 2.24) is 14.5 Å². The summed E-state index contributed by atoms with van der Waals surface area (Å²) >= 11 is 0.934. The molecule has 0 bridgehead atoms. The fourth-order valence-electron chi connectivity index (χ4n) is 4.18. The lowest BCUT2D eigenvalue weighted by Gasteiger charge is -2.29. The smallest absolute Gasteiger partial charge is 0.411 e. The average molecular weight is 589 g/mol. The molecule has 0 saturated carbocycles. The van der Waals surface area contributed by atoms with E-state index in [-0.39, 0.29) is 35.2 Å². The molecular formula is C25H24N4O9S2. The molecule has 3 aromatic rings. The number of carboxylic acids is 1. The van der Waals surface area contributed by atoms with E-state index in [1.807, 2.05) is 0 Å². The zero-order chi connectivity index (χ0) is 28.9. The molecule has 0 spiro atoms. The van der Waals surface area contributed by atoms with E-state index in [1.54, 1.807) is 35.7 Å². The lowest BCUT2D eigenvalue weighted by molar-refractivity contribution is -0.384. The van der Waals surface area contributed by atoms with Gasteiger partial charge in [0.25, 0.3) is 21.6 Å². The predicted molar refractivity (Wildman–Crippen MR) is 142 cm³/mol. The number of carbonyl (C=O) groups is 3. The van der Waals surface area contributed by atoms with Crippen LogP contribution in [0.4, 0.5) is 10.5 Å². The largest absolute Gasteiger partial charge is 0.481 e. The van der Waals surface area contributed by atoms with Gasteiger partial charge in [0.05, 0.1) is 17.4 Å². The molecule has 2 unspecified atom stereocenters. The molecule has 0 aliphatic carbocycles. The molecular weight excluding hydrogens is 564 g/mol. The van der Waals surface area contributed by atoms with Gasteiger partial charge in [0.2, 0.25) is 0 Å². The summed E-state index contributed by atoms with van der Waals surface area (Å²) < 4.78 is 33.0. The number of benzene rings is 2. The number of nitrogens with one attached hydrogen (secondary N) is 1. The summed E-state index contributed by atoms with van der Waals surface area (Å²) in [5.74, 6) is -2.31. The molecule has 2 atom stereocenters. The number of thiophene rings is 1. The second-order valence-corrected chi connectivity index (χ2v) is 11.7. The van der Waals surface area contributed by atoms with Crippen LogP contribution < -0.4 is 5.32 Å². The van der Waals surface area contributed by atoms with Gasteiger partial charge in [-0.15, -0.1) is 11.3 Å². The summed E-state index contributed by atoms with van der Waals surface area (Å²) in [4.78, 5) is 49.9. The second-order valence-electron chi connectivity index (χ2n) is 8.67. The van der Waals surface area contributed by atoms with Crippen molar-refractivity contribution in [3.05, 3.63) is 93.4 Å². The van der Waals surface area contributed by atoms with Crippen LogP contribution in [-0.4, -0.2) is 64.9 Å². The number of non-ortho nitro benzene ring substituents is 1. The number of nitro groups is 1. The molecule has 40 heavy (non-hydrogen) atoms. The van der Waals surface area contributed by atoms with Crippen LogP contribution in [0.25, 0.3) is 0 Å². The topological polar surface area (TPSA) is 176 Å². The molecule has 0 radical (unpaired) electrons. The summed E-state index contributed by atoms with van der Waals surface area (Å²) in [6, 6.07) is 15.4. The molecule has 15 heteroatoms.